The van der Waals surface area contributed by atoms with Crippen molar-refractivity contribution in [2.45, 2.75) is 0 Å². The number of anilines is 1. The Morgan fingerprint density at radius 2 is 2.12 bits per heavy atom. The highest BCUT2D eigenvalue weighted by molar-refractivity contribution is 6.52. The zero-order valence-electron chi connectivity index (χ0n) is 8.79. The van der Waals surface area contributed by atoms with Crippen molar-refractivity contribution in [3.8, 4) is 0 Å². The van der Waals surface area contributed by atoms with E-state index < -0.39 is 17.5 Å². The molecule has 1 aromatic rings. The number of likely N-dealkylation sites (N-methyl/N-ethyl adjacent to an activating group) is 1. The van der Waals surface area contributed by atoms with Crippen LogP contribution in [-0.2, 0) is 4.79 Å². The van der Waals surface area contributed by atoms with Crippen LogP contribution in [0.15, 0.2) is 18.2 Å². The second-order valence-corrected chi connectivity index (χ2v) is 3.55. The van der Waals surface area contributed by atoms with E-state index >= 15 is 0 Å². The smallest absolute Gasteiger partial charge is 0.299 e. The van der Waals surface area contributed by atoms with Gasteiger partial charge in [-0.05, 0) is 25.2 Å². The Bertz CT molecular complexity index is 459. The SMILES string of the molecule is CNCCN1C(=O)C(=O)c2cc(F)ccc21. The summed E-state index contributed by atoms with van der Waals surface area (Å²) in [6.07, 6.45) is 0. The Morgan fingerprint density at radius 3 is 2.81 bits per heavy atom. The van der Waals surface area contributed by atoms with E-state index in [9.17, 15) is 14.0 Å². The number of Topliss-reactive ketones (excluding diaryl/α,β-unsaturated/α-hetero) is 1. The highest BCUT2D eigenvalue weighted by Gasteiger charge is 2.35. The summed E-state index contributed by atoms with van der Waals surface area (Å²) < 4.78 is 12.9. The van der Waals surface area contributed by atoms with Crippen molar-refractivity contribution in [3.63, 3.8) is 0 Å². The monoisotopic (exact) mass is 222 g/mol. The fraction of sp³-hybridized carbons (Fsp3) is 0.273. The molecule has 16 heavy (non-hydrogen) atoms. The van der Waals surface area contributed by atoms with E-state index in [0.717, 1.165) is 6.07 Å². The standard InChI is InChI=1S/C11H11FN2O2/c1-13-4-5-14-9-3-2-7(12)6-8(9)10(15)11(14)16/h2-3,6,13H,4-5H2,1H3. The largest absolute Gasteiger partial charge is 0.318 e. The molecule has 0 atom stereocenters. The van der Waals surface area contributed by atoms with Crippen LogP contribution in [0.1, 0.15) is 10.4 Å². The fourth-order valence-corrected chi connectivity index (χ4v) is 1.72. The molecule has 1 aliphatic heterocycles. The van der Waals surface area contributed by atoms with Crippen LogP contribution < -0.4 is 10.2 Å². The third-order valence-corrected chi connectivity index (χ3v) is 2.52. The third kappa shape index (κ3) is 1.59. The van der Waals surface area contributed by atoms with Gasteiger partial charge in [0.05, 0.1) is 11.3 Å². The van der Waals surface area contributed by atoms with Gasteiger partial charge in [-0.25, -0.2) is 4.39 Å². The maximum absolute atomic E-state index is 12.9. The Balaban J connectivity index is 2.38. The predicted octanol–water partition coefficient (Wildman–Crippen LogP) is 0.574. The van der Waals surface area contributed by atoms with E-state index in [0.29, 0.717) is 18.8 Å². The summed E-state index contributed by atoms with van der Waals surface area (Å²) in [5, 5.41) is 2.89. The lowest BCUT2D eigenvalue weighted by Gasteiger charge is -2.15. The number of ketones is 1. The van der Waals surface area contributed by atoms with Crippen LogP contribution >= 0.6 is 0 Å². The average molecular weight is 222 g/mol. The molecule has 0 saturated heterocycles. The molecular formula is C11H11FN2O2. The van der Waals surface area contributed by atoms with E-state index in [2.05, 4.69) is 5.32 Å². The molecule has 0 fully saturated rings. The van der Waals surface area contributed by atoms with Crippen LogP contribution in [0, 0.1) is 5.82 Å². The molecule has 4 nitrogen and oxygen atoms in total. The number of carbonyl (C=O) groups is 2. The van der Waals surface area contributed by atoms with Crippen LogP contribution in [-0.4, -0.2) is 31.8 Å². The molecule has 0 aromatic heterocycles. The summed E-state index contributed by atoms with van der Waals surface area (Å²) in [5.41, 5.74) is 0.646. The first-order valence-electron chi connectivity index (χ1n) is 4.95. The summed E-state index contributed by atoms with van der Waals surface area (Å²) in [6.45, 7) is 0.982. The van der Waals surface area contributed by atoms with Crippen molar-refractivity contribution in [1.29, 1.82) is 0 Å². The Kier molecular flexibility index (Phi) is 2.70. The lowest BCUT2D eigenvalue weighted by molar-refractivity contribution is -0.114. The minimum absolute atomic E-state index is 0.154. The normalized spacial score (nSPS) is 14.5. The number of nitrogens with one attached hydrogen (secondary N) is 1. The van der Waals surface area contributed by atoms with Crippen molar-refractivity contribution in [2.24, 2.45) is 0 Å². The number of nitrogens with zero attached hydrogens (tertiary/aromatic N) is 1. The van der Waals surface area contributed by atoms with Gasteiger partial charge in [0, 0.05) is 13.1 Å². The topological polar surface area (TPSA) is 49.4 Å². The maximum atomic E-state index is 12.9. The Morgan fingerprint density at radius 1 is 1.38 bits per heavy atom. The van der Waals surface area contributed by atoms with Gasteiger partial charge < -0.3 is 10.2 Å². The minimum atomic E-state index is -0.634. The van der Waals surface area contributed by atoms with E-state index in [-0.39, 0.29) is 5.56 Å². The average Bonchev–Trinajstić information content (AvgIpc) is 2.50. The van der Waals surface area contributed by atoms with Gasteiger partial charge in [-0.1, -0.05) is 0 Å². The molecule has 0 saturated carbocycles. The molecule has 2 rings (SSSR count). The van der Waals surface area contributed by atoms with Gasteiger partial charge in [-0.15, -0.1) is 0 Å². The molecule has 0 aliphatic carbocycles. The van der Waals surface area contributed by atoms with Crippen LogP contribution in [0.3, 0.4) is 0 Å². The molecule has 1 heterocycles. The number of rotatable bonds is 3. The molecule has 1 aromatic carbocycles. The molecule has 0 radical (unpaired) electrons. The number of halogens is 1. The first-order chi connectivity index (χ1) is 7.65. The molecule has 1 N–H and O–H groups in total. The van der Waals surface area contributed by atoms with Crippen molar-refractivity contribution in [3.05, 3.63) is 29.6 Å². The van der Waals surface area contributed by atoms with Crippen LogP contribution in [0.25, 0.3) is 0 Å². The van der Waals surface area contributed by atoms with Gasteiger partial charge >= 0.3 is 0 Å². The highest BCUT2D eigenvalue weighted by atomic mass is 19.1. The summed E-state index contributed by atoms with van der Waals surface area (Å²) in [4.78, 5) is 24.5. The van der Waals surface area contributed by atoms with Crippen molar-refractivity contribution in [2.75, 3.05) is 25.0 Å². The van der Waals surface area contributed by atoms with Gasteiger partial charge in [0.2, 0.25) is 0 Å². The first-order valence-corrected chi connectivity index (χ1v) is 4.95. The third-order valence-electron chi connectivity index (χ3n) is 2.52. The van der Waals surface area contributed by atoms with E-state index in [1.165, 1.54) is 17.0 Å². The molecule has 0 unspecified atom stereocenters. The van der Waals surface area contributed by atoms with E-state index in [4.69, 9.17) is 0 Å². The quantitative estimate of drug-likeness (QED) is 0.761. The Labute approximate surface area is 92.0 Å². The summed E-state index contributed by atoms with van der Waals surface area (Å²) in [6, 6.07) is 3.81. The first kappa shape index (κ1) is 10.8. The van der Waals surface area contributed by atoms with Crippen LogP contribution in [0.5, 0.6) is 0 Å². The van der Waals surface area contributed by atoms with Crippen molar-refractivity contribution >= 4 is 17.4 Å². The molecule has 0 bridgehead atoms. The summed E-state index contributed by atoms with van der Waals surface area (Å²) >= 11 is 0. The number of hydrogen-bond donors (Lipinski definition) is 1. The van der Waals surface area contributed by atoms with Gasteiger partial charge in [0.15, 0.2) is 0 Å². The molecule has 1 aliphatic rings. The van der Waals surface area contributed by atoms with E-state index in [1.807, 2.05) is 0 Å². The molecule has 0 spiro atoms. The lowest BCUT2D eigenvalue weighted by atomic mass is 10.1. The summed E-state index contributed by atoms with van der Waals surface area (Å²) in [5.74, 6) is -1.73. The zero-order chi connectivity index (χ0) is 11.7. The van der Waals surface area contributed by atoms with Crippen LogP contribution in [0.2, 0.25) is 0 Å². The number of hydrogen-bond acceptors (Lipinski definition) is 3. The van der Waals surface area contributed by atoms with Gasteiger partial charge in [-0.2, -0.15) is 0 Å². The molecule has 1 amide bonds. The minimum Gasteiger partial charge on any atom is -0.318 e. The van der Waals surface area contributed by atoms with Crippen molar-refractivity contribution < 1.29 is 14.0 Å². The van der Waals surface area contributed by atoms with Gasteiger partial charge in [-0.3, -0.25) is 9.59 Å². The lowest BCUT2D eigenvalue weighted by Crippen LogP contribution is -2.35. The number of amides is 1. The van der Waals surface area contributed by atoms with Crippen molar-refractivity contribution in [1.82, 2.24) is 5.32 Å². The predicted molar refractivity (Wildman–Crippen MR) is 57.0 cm³/mol. The molecule has 84 valence electrons. The zero-order valence-corrected chi connectivity index (χ0v) is 8.79. The summed E-state index contributed by atoms with van der Waals surface area (Å²) in [7, 11) is 1.76. The maximum Gasteiger partial charge on any atom is 0.299 e. The van der Waals surface area contributed by atoms with E-state index in [1.54, 1.807) is 7.05 Å². The number of benzene rings is 1. The number of carbonyl (C=O) groups excluding carboxylic acids is 2. The molecular weight excluding hydrogens is 211 g/mol. The molecule has 5 heteroatoms. The second-order valence-electron chi connectivity index (χ2n) is 3.55. The Hall–Kier alpha value is -1.75. The highest BCUT2D eigenvalue weighted by Crippen LogP contribution is 2.28. The number of fused-ring (bicyclic) bond motifs is 1. The van der Waals surface area contributed by atoms with Gasteiger partial charge in [0.25, 0.3) is 11.7 Å². The van der Waals surface area contributed by atoms with Gasteiger partial charge in [0.1, 0.15) is 5.82 Å². The second kappa shape index (κ2) is 4.02. The fourth-order valence-electron chi connectivity index (χ4n) is 1.72. The van der Waals surface area contributed by atoms with Crippen LogP contribution in [0.4, 0.5) is 10.1 Å².